The van der Waals surface area contributed by atoms with Crippen molar-refractivity contribution < 1.29 is 13.9 Å². The molecule has 1 atom stereocenters. The first-order chi connectivity index (χ1) is 12.0. The molecule has 2 aliphatic heterocycles. The molecule has 4 rings (SSSR count). The minimum Gasteiger partial charge on any atom is -0.504 e. The number of halogens is 2. The van der Waals surface area contributed by atoms with Crippen LogP contribution in [-0.2, 0) is 0 Å². The number of nitrogens with zero attached hydrogens (tertiary/aromatic N) is 3. The molecule has 1 aromatic carbocycles. The van der Waals surface area contributed by atoms with Gasteiger partial charge in [-0.25, -0.2) is 8.78 Å². The Hall–Kier alpha value is -2.48. The second-order valence-corrected chi connectivity index (χ2v) is 6.51. The maximum atomic E-state index is 13.7. The molecule has 0 spiro atoms. The third-order valence-electron chi connectivity index (χ3n) is 5.15. The molecule has 0 amide bonds. The number of aromatic nitrogens is 2. The van der Waals surface area contributed by atoms with Gasteiger partial charge in [-0.05, 0) is 18.6 Å². The lowest BCUT2D eigenvalue weighted by molar-refractivity contribution is 0.323. The van der Waals surface area contributed by atoms with Crippen molar-refractivity contribution in [3.63, 3.8) is 0 Å². The SMILES string of the molecule is CCC12CNCCN1c1cc(-c3cc(F)cc(F)c3O)nnc1NC2. The fourth-order valence-corrected chi connectivity index (χ4v) is 3.67. The van der Waals surface area contributed by atoms with Crippen molar-refractivity contribution >= 4 is 11.5 Å². The van der Waals surface area contributed by atoms with Gasteiger partial charge in [0.1, 0.15) is 5.82 Å². The van der Waals surface area contributed by atoms with Gasteiger partial charge in [-0.2, -0.15) is 0 Å². The number of rotatable bonds is 2. The molecular weight excluding hydrogens is 328 g/mol. The maximum absolute atomic E-state index is 13.7. The van der Waals surface area contributed by atoms with Gasteiger partial charge < -0.3 is 20.6 Å². The summed E-state index contributed by atoms with van der Waals surface area (Å²) in [6.07, 6.45) is 0.934. The van der Waals surface area contributed by atoms with E-state index in [9.17, 15) is 13.9 Å². The number of aromatic hydroxyl groups is 1. The van der Waals surface area contributed by atoms with Gasteiger partial charge >= 0.3 is 0 Å². The van der Waals surface area contributed by atoms with Gasteiger partial charge in [0.25, 0.3) is 0 Å². The van der Waals surface area contributed by atoms with Gasteiger partial charge in [-0.3, -0.25) is 0 Å². The largest absolute Gasteiger partial charge is 0.504 e. The molecule has 0 saturated carbocycles. The molecule has 1 aromatic heterocycles. The third kappa shape index (κ3) is 2.48. The Kier molecular flexibility index (Phi) is 3.72. The van der Waals surface area contributed by atoms with Crippen LogP contribution >= 0.6 is 0 Å². The van der Waals surface area contributed by atoms with Crippen molar-refractivity contribution in [2.24, 2.45) is 0 Å². The van der Waals surface area contributed by atoms with Crippen molar-refractivity contribution in [1.82, 2.24) is 15.5 Å². The molecule has 1 saturated heterocycles. The number of phenols is 1. The summed E-state index contributed by atoms with van der Waals surface area (Å²) in [6.45, 7) is 5.37. The standard InChI is InChI=1S/C17H19F2N5O/c1-2-17-8-20-3-4-24(17)14-7-13(22-23-16(14)21-9-17)11-5-10(18)6-12(19)15(11)25/h5-7,20,25H,2-4,8-9H2,1H3,(H,21,23). The molecule has 132 valence electrons. The van der Waals surface area contributed by atoms with Crippen LogP contribution in [0.1, 0.15) is 13.3 Å². The summed E-state index contributed by atoms with van der Waals surface area (Å²) in [5.41, 5.74) is 0.988. The average Bonchev–Trinajstić information content (AvgIpc) is 2.64. The van der Waals surface area contributed by atoms with Gasteiger partial charge in [0, 0.05) is 37.8 Å². The number of hydrogen-bond acceptors (Lipinski definition) is 6. The number of fused-ring (bicyclic) bond motifs is 3. The molecule has 2 aromatic rings. The fraction of sp³-hybridized carbons (Fsp3) is 0.412. The van der Waals surface area contributed by atoms with Crippen molar-refractivity contribution in [3.05, 3.63) is 29.8 Å². The Morgan fingerprint density at radius 3 is 2.88 bits per heavy atom. The van der Waals surface area contributed by atoms with Crippen LogP contribution in [0.4, 0.5) is 20.3 Å². The highest BCUT2D eigenvalue weighted by molar-refractivity contribution is 5.77. The third-order valence-corrected chi connectivity index (χ3v) is 5.15. The van der Waals surface area contributed by atoms with Crippen LogP contribution in [0.2, 0.25) is 0 Å². The molecule has 2 aliphatic rings. The molecule has 0 radical (unpaired) electrons. The number of nitrogens with one attached hydrogen (secondary N) is 2. The van der Waals surface area contributed by atoms with Crippen molar-refractivity contribution in [3.8, 4) is 17.0 Å². The molecule has 3 heterocycles. The zero-order valence-corrected chi connectivity index (χ0v) is 13.8. The summed E-state index contributed by atoms with van der Waals surface area (Å²) in [4.78, 5) is 2.28. The summed E-state index contributed by atoms with van der Waals surface area (Å²) >= 11 is 0. The van der Waals surface area contributed by atoms with Gasteiger partial charge in [0.15, 0.2) is 17.4 Å². The summed E-state index contributed by atoms with van der Waals surface area (Å²) in [5.74, 6) is -1.77. The predicted molar refractivity (Wildman–Crippen MR) is 90.8 cm³/mol. The highest BCUT2D eigenvalue weighted by atomic mass is 19.1. The smallest absolute Gasteiger partial charge is 0.172 e. The molecule has 1 unspecified atom stereocenters. The van der Waals surface area contributed by atoms with Crippen LogP contribution in [0.5, 0.6) is 5.75 Å². The van der Waals surface area contributed by atoms with E-state index in [1.165, 1.54) is 0 Å². The number of piperazine rings is 1. The Morgan fingerprint density at radius 2 is 2.08 bits per heavy atom. The molecule has 6 nitrogen and oxygen atoms in total. The topological polar surface area (TPSA) is 73.3 Å². The second kappa shape index (κ2) is 5.80. The van der Waals surface area contributed by atoms with Crippen LogP contribution in [0.3, 0.4) is 0 Å². The van der Waals surface area contributed by atoms with Gasteiger partial charge in [0.2, 0.25) is 0 Å². The van der Waals surface area contributed by atoms with E-state index in [0.717, 1.165) is 44.4 Å². The molecular formula is C17H19F2N5O. The predicted octanol–water partition coefficient (Wildman–Crippen LogP) is 2.11. The first-order valence-corrected chi connectivity index (χ1v) is 8.32. The van der Waals surface area contributed by atoms with E-state index in [0.29, 0.717) is 11.9 Å². The zero-order chi connectivity index (χ0) is 17.6. The lowest BCUT2D eigenvalue weighted by Crippen LogP contribution is -2.66. The van der Waals surface area contributed by atoms with Crippen LogP contribution in [0, 0.1) is 11.6 Å². The summed E-state index contributed by atoms with van der Waals surface area (Å²) in [6, 6.07) is 3.44. The average molecular weight is 347 g/mol. The van der Waals surface area contributed by atoms with E-state index in [1.54, 1.807) is 6.07 Å². The second-order valence-electron chi connectivity index (χ2n) is 6.51. The van der Waals surface area contributed by atoms with Crippen LogP contribution in [0.25, 0.3) is 11.3 Å². The summed E-state index contributed by atoms with van der Waals surface area (Å²) in [7, 11) is 0. The van der Waals surface area contributed by atoms with Gasteiger partial charge in [-0.15, -0.1) is 10.2 Å². The molecule has 25 heavy (non-hydrogen) atoms. The first kappa shape index (κ1) is 16.0. The molecule has 8 heteroatoms. The van der Waals surface area contributed by atoms with E-state index < -0.39 is 17.4 Å². The maximum Gasteiger partial charge on any atom is 0.172 e. The number of benzene rings is 1. The van der Waals surface area contributed by atoms with Crippen LogP contribution in [0.15, 0.2) is 18.2 Å². The number of phenolic OH excluding ortho intramolecular Hbond substituents is 1. The normalized spacial score (nSPS) is 22.1. The van der Waals surface area contributed by atoms with E-state index in [-0.39, 0.29) is 16.8 Å². The monoisotopic (exact) mass is 347 g/mol. The van der Waals surface area contributed by atoms with E-state index in [1.807, 2.05) is 0 Å². The van der Waals surface area contributed by atoms with Crippen LogP contribution < -0.4 is 15.5 Å². The number of anilines is 2. The lowest BCUT2D eigenvalue weighted by Gasteiger charge is -2.51. The summed E-state index contributed by atoms with van der Waals surface area (Å²) < 4.78 is 27.3. The van der Waals surface area contributed by atoms with E-state index in [2.05, 4.69) is 32.7 Å². The molecule has 0 aliphatic carbocycles. The first-order valence-electron chi connectivity index (χ1n) is 8.32. The van der Waals surface area contributed by atoms with Crippen LogP contribution in [-0.4, -0.2) is 47.0 Å². The molecule has 0 bridgehead atoms. The van der Waals surface area contributed by atoms with Gasteiger partial charge in [0.05, 0.1) is 16.9 Å². The minimum absolute atomic E-state index is 0.00407. The Morgan fingerprint density at radius 1 is 1.24 bits per heavy atom. The highest BCUT2D eigenvalue weighted by Gasteiger charge is 2.42. The van der Waals surface area contributed by atoms with Gasteiger partial charge in [-0.1, -0.05) is 6.92 Å². The zero-order valence-electron chi connectivity index (χ0n) is 13.8. The highest BCUT2D eigenvalue weighted by Crippen LogP contribution is 2.40. The quantitative estimate of drug-likeness (QED) is 0.773. The van der Waals surface area contributed by atoms with E-state index >= 15 is 0 Å². The van der Waals surface area contributed by atoms with E-state index in [4.69, 9.17) is 0 Å². The fourth-order valence-electron chi connectivity index (χ4n) is 3.67. The Bertz CT molecular complexity index is 831. The van der Waals surface area contributed by atoms with Crippen molar-refractivity contribution in [1.29, 1.82) is 0 Å². The Labute approximate surface area is 143 Å². The van der Waals surface area contributed by atoms with Crippen molar-refractivity contribution in [2.45, 2.75) is 18.9 Å². The summed E-state index contributed by atoms with van der Waals surface area (Å²) in [5, 5.41) is 24.9. The minimum atomic E-state index is -1.02. The number of hydrogen-bond donors (Lipinski definition) is 3. The lowest BCUT2D eigenvalue weighted by atomic mass is 9.88. The Balaban J connectivity index is 1.83. The molecule has 1 fully saturated rings. The van der Waals surface area contributed by atoms with Crippen molar-refractivity contribution in [2.75, 3.05) is 36.4 Å². The molecule has 3 N–H and O–H groups in total.